The Hall–Kier alpha value is -0.680. The maximum Gasteiger partial charge on any atom is 0.246 e. The van der Waals surface area contributed by atoms with Crippen molar-refractivity contribution < 1.29 is 15.1 Å². The highest BCUT2D eigenvalue weighted by Crippen LogP contribution is 2.19. The van der Waals surface area contributed by atoms with Crippen LogP contribution in [-0.2, 0) is 0 Å². The molecule has 0 saturated carbocycles. The molecule has 0 aromatic heterocycles. The van der Waals surface area contributed by atoms with Crippen LogP contribution in [0.2, 0.25) is 0 Å². The van der Waals surface area contributed by atoms with Crippen LogP contribution in [0.4, 0.5) is 0 Å². The van der Waals surface area contributed by atoms with Crippen LogP contribution in [0.3, 0.4) is 0 Å². The van der Waals surface area contributed by atoms with E-state index in [2.05, 4.69) is 0 Å². The third-order valence-electron chi connectivity index (χ3n) is 2.07. The Morgan fingerprint density at radius 2 is 2.09 bits per heavy atom. The van der Waals surface area contributed by atoms with Gasteiger partial charge in [0.2, 0.25) is 5.54 Å². The Morgan fingerprint density at radius 1 is 1.64 bits per heavy atom. The monoisotopic (exact) mass is 163 g/mol. The SMILES string of the molecule is CC(CO)C(C)(CO)[N+](=O)[O-]. The Balaban J connectivity index is 4.45. The lowest BCUT2D eigenvalue weighted by molar-refractivity contribution is -0.579. The van der Waals surface area contributed by atoms with Crippen molar-refractivity contribution in [2.24, 2.45) is 5.92 Å². The van der Waals surface area contributed by atoms with Crippen molar-refractivity contribution in [1.29, 1.82) is 0 Å². The summed E-state index contributed by atoms with van der Waals surface area (Å²) in [6.07, 6.45) is 0. The van der Waals surface area contributed by atoms with Gasteiger partial charge >= 0.3 is 0 Å². The van der Waals surface area contributed by atoms with Crippen molar-refractivity contribution >= 4 is 0 Å². The first-order valence-electron chi connectivity index (χ1n) is 3.35. The zero-order valence-electron chi connectivity index (χ0n) is 6.65. The second kappa shape index (κ2) is 3.64. The zero-order valence-corrected chi connectivity index (χ0v) is 6.65. The van der Waals surface area contributed by atoms with Gasteiger partial charge in [-0.15, -0.1) is 0 Å². The number of nitro groups is 1. The average molecular weight is 163 g/mol. The van der Waals surface area contributed by atoms with Gasteiger partial charge in [-0.05, 0) is 0 Å². The molecule has 0 bridgehead atoms. The van der Waals surface area contributed by atoms with Gasteiger partial charge in [0.1, 0.15) is 6.61 Å². The number of hydrogen-bond acceptors (Lipinski definition) is 4. The largest absolute Gasteiger partial charge is 0.396 e. The van der Waals surface area contributed by atoms with E-state index in [9.17, 15) is 10.1 Å². The zero-order chi connectivity index (χ0) is 9.07. The Kier molecular flexibility index (Phi) is 3.41. The molecule has 0 aliphatic rings. The molecule has 5 heteroatoms. The highest BCUT2D eigenvalue weighted by atomic mass is 16.6. The lowest BCUT2D eigenvalue weighted by atomic mass is 9.89. The van der Waals surface area contributed by atoms with Crippen LogP contribution in [0.5, 0.6) is 0 Å². The third-order valence-corrected chi connectivity index (χ3v) is 2.07. The van der Waals surface area contributed by atoms with Crippen molar-refractivity contribution in [3.05, 3.63) is 10.1 Å². The van der Waals surface area contributed by atoms with E-state index in [0.717, 1.165) is 0 Å². The summed E-state index contributed by atoms with van der Waals surface area (Å²) in [7, 11) is 0. The normalized spacial score (nSPS) is 18.9. The molecule has 5 nitrogen and oxygen atoms in total. The molecule has 0 aliphatic heterocycles. The molecule has 2 unspecified atom stereocenters. The molecular weight excluding hydrogens is 150 g/mol. The highest BCUT2D eigenvalue weighted by molar-refractivity contribution is 4.78. The molecule has 0 aliphatic carbocycles. The van der Waals surface area contributed by atoms with E-state index in [-0.39, 0.29) is 6.61 Å². The lowest BCUT2D eigenvalue weighted by Gasteiger charge is -2.23. The number of aliphatic hydroxyl groups is 2. The first-order chi connectivity index (χ1) is 4.99. The van der Waals surface area contributed by atoms with Gasteiger partial charge in [0, 0.05) is 11.8 Å². The van der Waals surface area contributed by atoms with Crippen LogP contribution in [0.15, 0.2) is 0 Å². The molecule has 0 aromatic carbocycles. The van der Waals surface area contributed by atoms with Crippen molar-refractivity contribution in [2.45, 2.75) is 19.4 Å². The van der Waals surface area contributed by atoms with Gasteiger partial charge in [0.15, 0.2) is 0 Å². The molecule has 2 atom stereocenters. The van der Waals surface area contributed by atoms with E-state index in [0.29, 0.717) is 0 Å². The summed E-state index contributed by atoms with van der Waals surface area (Å²) in [5.74, 6) is -0.539. The number of rotatable bonds is 4. The van der Waals surface area contributed by atoms with Crippen molar-refractivity contribution in [1.82, 2.24) is 0 Å². The average Bonchev–Trinajstić information content (AvgIpc) is 2.01. The van der Waals surface area contributed by atoms with Gasteiger partial charge in [-0.2, -0.15) is 0 Å². The van der Waals surface area contributed by atoms with Crippen LogP contribution in [0, 0.1) is 16.0 Å². The smallest absolute Gasteiger partial charge is 0.246 e. The molecule has 11 heavy (non-hydrogen) atoms. The molecule has 2 N–H and O–H groups in total. The van der Waals surface area contributed by atoms with Crippen molar-refractivity contribution in [3.63, 3.8) is 0 Å². The minimum Gasteiger partial charge on any atom is -0.396 e. The van der Waals surface area contributed by atoms with Gasteiger partial charge in [-0.25, -0.2) is 0 Å². The second-order valence-electron chi connectivity index (χ2n) is 2.86. The maximum atomic E-state index is 10.4. The molecule has 0 saturated heterocycles. The molecule has 0 aromatic rings. The topological polar surface area (TPSA) is 83.6 Å². The van der Waals surface area contributed by atoms with Crippen LogP contribution >= 0.6 is 0 Å². The summed E-state index contributed by atoms with van der Waals surface area (Å²) >= 11 is 0. The summed E-state index contributed by atoms with van der Waals surface area (Å²) in [4.78, 5) is 9.83. The van der Waals surface area contributed by atoms with Crippen LogP contribution in [-0.4, -0.2) is 33.9 Å². The summed E-state index contributed by atoms with van der Waals surface area (Å²) in [6.45, 7) is 1.99. The first-order valence-corrected chi connectivity index (χ1v) is 3.35. The second-order valence-corrected chi connectivity index (χ2v) is 2.86. The van der Waals surface area contributed by atoms with Gasteiger partial charge in [0.25, 0.3) is 0 Å². The van der Waals surface area contributed by atoms with Crippen molar-refractivity contribution in [3.8, 4) is 0 Å². The fourth-order valence-electron chi connectivity index (χ4n) is 0.590. The van der Waals surface area contributed by atoms with Gasteiger partial charge < -0.3 is 10.2 Å². The van der Waals surface area contributed by atoms with E-state index in [4.69, 9.17) is 10.2 Å². The molecule has 66 valence electrons. The standard InChI is InChI=1S/C6H13NO4/c1-5(3-8)6(2,4-9)7(10)11/h5,8-9H,3-4H2,1-2H3. The van der Waals surface area contributed by atoms with Crippen LogP contribution in [0.25, 0.3) is 0 Å². The lowest BCUT2D eigenvalue weighted by Crippen LogP contribution is -2.46. The fraction of sp³-hybridized carbons (Fsp3) is 1.00. The molecule has 0 radical (unpaired) electrons. The van der Waals surface area contributed by atoms with E-state index in [1.807, 2.05) is 0 Å². The van der Waals surface area contributed by atoms with Gasteiger partial charge in [-0.3, -0.25) is 10.1 Å². The van der Waals surface area contributed by atoms with Gasteiger partial charge in [-0.1, -0.05) is 6.92 Å². The van der Waals surface area contributed by atoms with Gasteiger partial charge in [0.05, 0.1) is 12.5 Å². The van der Waals surface area contributed by atoms with E-state index < -0.39 is 23.0 Å². The Morgan fingerprint density at radius 3 is 2.18 bits per heavy atom. The summed E-state index contributed by atoms with van der Waals surface area (Å²) in [5.41, 5.74) is -1.42. The van der Waals surface area contributed by atoms with E-state index in [1.54, 1.807) is 0 Å². The van der Waals surface area contributed by atoms with E-state index >= 15 is 0 Å². The number of aliphatic hydroxyl groups excluding tert-OH is 2. The molecule has 0 heterocycles. The molecular formula is C6H13NO4. The van der Waals surface area contributed by atoms with Crippen LogP contribution < -0.4 is 0 Å². The number of nitrogens with zero attached hydrogens (tertiary/aromatic N) is 1. The quantitative estimate of drug-likeness (QED) is 0.438. The van der Waals surface area contributed by atoms with Crippen molar-refractivity contribution in [2.75, 3.05) is 13.2 Å². The highest BCUT2D eigenvalue weighted by Gasteiger charge is 2.42. The summed E-state index contributed by atoms with van der Waals surface area (Å²) in [6, 6.07) is 0. The summed E-state index contributed by atoms with van der Waals surface area (Å²) in [5, 5.41) is 27.7. The molecule has 0 rings (SSSR count). The minimum atomic E-state index is -1.42. The minimum absolute atomic E-state index is 0.294. The molecule has 0 fully saturated rings. The number of hydrogen-bond donors (Lipinski definition) is 2. The summed E-state index contributed by atoms with van der Waals surface area (Å²) < 4.78 is 0. The maximum absolute atomic E-state index is 10.4. The van der Waals surface area contributed by atoms with E-state index in [1.165, 1.54) is 13.8 Å². The van der Waals surface area contributed by atoms with Crippen LogP contribution in [0.1, 0.15) is 13.8 Å². The third kappa shape index (κ3) is 1.87. The fourth-order valence-corrected chi connectivity index (χ4v) is 0.590. The first kappa shape index (κ1) is 10.3. The predicted octanol–water partition coefficient (Wildman–Crippen LogP) is -0.358. The Labute approximate surface area is 64.8 Å². The predicted molar refractivity (Wildman–Crippen MR) is 38.7 cm³/mol. The Bertz CT molecular complexity index is 150. The molecule has 0 amide bonds. The molecule has 0 spiro atoms.